The van der Waals surface area contributed by atoms with Gasteiger partial charge in [0.25, 0.3) is 15.9 Å². The van der Waals surface area contributed by atoms with Crippen molar-refractivity contribution in [3.63, 3.8) is 0 Å². The molecule has 0 atom stereocenters. The maximum Gasteiger partial charge on any atom is 0.269 e. The van der Waals surface area contributed by atoms with Gasteiger partial charge >= 0.3 is 0 Å². The molecule has 3 aromatic carbocycles. The fraction of sp³-hybridized carbons (Fsp3) is 0.167. The highest BCUT2D eigenvalue weighted by Crippen LogP contribution is 2.21. The number of rotatable bonds is 5. The van der Waals surface area contributed by atoms with Crippen LogP contribution in [0.1, 0.15) is 32.6 Å². The molecule has 0 aromatic heterocycles. The number of hydrogen-bond donors (Lipinski definition) is 4. The normalized spacial score (nSPS) is 10.9. The van der Waals surface area contributed by atoms with Gasteiger partial charge in [0.1, 0.15) is 0 Å². The lowest BCUT2D eigenvalue weighted by Gasteiger charge is -2.14. The third-order valence-corrected chi connectivity index (χ3v) is 6.90. The Bertz CT molecular complexity index is 1300. The predicted octanol–water partition coefficient (Wildman–Crippen LogP) is 4.35. The van der Waals surface area contributed by atoms with Crippen LogP contribution in [0.5, 0.6) is 0 Å². The second-order valence-corrected chi connectivity index (χ2v) is 9.79. The molecule has 0 saturated carbocycles. The van der Waals surface area contributed by atoms with Crippen LogP contribution in [-0.2, 0) is 10.0 Å². The van der Waals surface area contributed by atoms with Crippen LogP contribution < -0.4 is 20.9 Å². The van der Waals surface area contributed by atoms with Crippen molar-refractivity contribution in [3.05, 3.63) is 88.5 Å². The molecule has 4 N–H and O–H groups in total. The van der Waals surface area contributed by atoms with Gasteiger partial charge in [0, 0.05) is 16.9 Å². The molecule has 0 unspecified atom stereocenters. The summed E-state index contributed by atoms with van der Waals surface area (Å²) in [5.41, 5.74) is 10.4. The first-order valence-corrected chi connectivity index (χ1v) is 12.1. The third-order valence-electron chi connectivity index (χ3n) is 5.17. The predicted molar refractivity (Wildman–Crippen MR) is 136 cm³/mol. The van der Waals surface area contributed by atoms with Crippen molar-refractivity contribution >= 4 is 44.6 Å². The van der Waals surface area contributed by atoms with E-state index in [9.17, 15) is 13.2 Å². The Kier molecular flexibility index (Phi) is 7.35. The Balaban J connectivity index is 1.60. The summed E-state index contributed by atoms with van der Waals surface area (Å²) in [6, 6.07) is 17.2. The number of carbonyl (C=O) groups excluding carboxylic acids is 1. The lowest BCUT2D eigenvalue weighted by molar-refractivity contribution is 0.0944. The molecular formula is C24H26N4O3S2. The minimum Gasteiger partial charge on any atom is -0.331 e. The van der Waals surface area contributed by atoms with Crippen molar-refractivity contribution in [1.82, 2.24) is 10.9 Å². The number of aryl methyl sites for hydroxylation is 3. The first-order chi connectivity index (χ1) is 15.6. The van der Waals surface area contributed by atoms with Gasteiger partial charge < -0.3 is 5.32 Å². The molecule has 0 bridgehead atoms. The minimum absolute atomic E-state index is 0.221. The van der Waals surface area contributed by atoms with Crippen LogP contribution in [0.4, 0.5) is 11.4 Å². The second-order valence-electron chi connectivity index (χ2n) is 7.73. The molecule has 0 spiro atoms. The van der Waals surface area contributed by atoms with Crippen molar-refractivity contribution in [2.45, 2.75) is 32.6 Å². The van der Waals surface area contributed by atoms with Gasteiger partial charge in [-0.15, -0.1) is 0 Å². The van der Waals surface area contributed by atoms with Crippen LogP contribution in [-0.4, -0.2) is 19.4 Å². The van der Waals surface area contributed by atoms with E-state index in [1.807, 2.05) is 45.0 Å². The number of hydrogen-bond acceptors (Lipinski definition) is 4. The SMILES string of the molecule is Cc1ccc(C)c(S(=O)(=O)Nc2ccc(C(=O)NNC(=S)Nc3cccc(C)c3C)cc2)c1. The number of nitrogens with one attached hydrogen (secondary N) is 4. The van der Waals surface area contributed by atoms with Crippen LogP contribution in [0, 0.1) is 27.7 Å². The molecule has 172 valence electrons. The van der Waals surface area contributed by atoms with Gasteiger partial charge in [-0.05, 0) is 98.6 Å². The van der Waals surface area contributed by atoms with Crippen molar-refractivity contribution < 1.29 is 13.2 Å². The van der Waals surface area contributed by atoms with E-state index >= 15 is 0 Å². The zero-order valence-electron chi connectivity index (χ0n) is 18.8. The van der Waals surface area contributed by atoms with Crippen molar-refractivity contribution in [3.8, 4) is 0 Å². The topological polar surface area (TPSA) is 99.3 Å². The van der Waals surface area contributed by atoms with Gasteiger partial charge in [-0.1, -0.05) is 24.3 Å². The van der Waals surface area contributed by atoms with Gasteiger partial charge in [0.2, 0.25) is 0 Å². The van der Waals surface area contributed by atoms with E-state index in [0.717, 1.165) is 22.4 Å². The summed E-state index contributed by atoms with van der Waals surface area (Å²) in [6.45, 7) is 7.57. The summed E-state index contributed by atoms with van der Waals surface area (Å²) in [5, 5.41) is 3.29. The maximum atomic E-state index is 12.7. The van der Waals surface area contributed by atoms with Crippen LogP contribution >= 0.6 is 12.2 Å². The molecular weight excluding hydrogens is 456 g/mol. The molecule has 0 heterocycles. The maximum absolute atomic E-state index is 12.7. The molecule has 7 nitrogen and oxygen atoms in total. The molecule has 1 amide bonds. The van der Waals surface area contributed by atoms with Gasteiger partial charge in [-0.3, -0.25) is 20.4 Å². The highest BCUT2D eigenvalue weighted by atomic mass is 32.2. The van der Waals surface area contributed by atoms with E-state index in [2.05, 4.69) is 20.9 Å². The Morgan fingerprint density at radius 1 is 0.848 bits per heavy atom. The highest BCUT2D eigenvalue weighted by molar-refractivity contribution is 7.92. The van der Waals surface area contributed by atoms with Crippen LogP contribution in [0.25, 0.3) is 0 Å². The zero-order chi connectivity index (χ0) is 24.2. The van der Waals surface area contributed by atoms with E-state index in [-0.39, 0.29) is 10.0 Å². The zero-order valence-corrected chi connectivity index (χ0v) is 20.4. The first kappa shape index (κ1) is 24.2. The lowest BCUT2D eigenvalue weighted by Crippen LogP contribution is -2.43. The van der Waals surface area contributed by atoms with E-state index in [4.69, 9.17) is 12.2 Å². The van der Waals surface area contributed by atoms with E-state index < -0.39 is 15.9 Å². The monoisotopic (exact) mass is 482 g/mol. The van der Waals surface area contributed by atoms with Crippen LogP contribution in [0.3, 0.4) is 0 Å². The molecule has 3 aromatic rings. The third kappa shape index (κ3) is 6.09. The summed E-state index contributed by atoms with van der Waals surface area (Å²) >= 11 is 5.24. The minimum atomic E-state index is -3.75. The molecule has 0 aliphatic rings. The molecule has 0 aliphatic heterocycles. The number of hydrazine groups is 1. The Labute approximate surface area is 199 Å². The Hall–Kier alpha value is -3.43. The standard InChI is InChI=1S/C24H26N4O3S2/c1-15-8-9-17(3)22(14-15)33(30,31)28-20-12-10-19(11-13-20)23(29)26-27-24(32)25-21-7-5-6-16(2)18(21)4/h5-14,28H,1-4H3,(H,26,29)(H2,25,27,32). The summed E-state index contributed by atoms with van der Waals surface area (Å²) in [4.78, 5) is 12.6. The summed E-state index contributed by atoms with van der Waals surface area (Å²) in [7, 11) is -3.75. The molecule has 33 heavy (non-hydrogen) atoms. The van der Waals surface area contributed by atoms with Gasteiger partial charge in [-0.25, -0.2) is 8.42 Å². The number of sulfonamides is 1. The Morgan fingerprint density at radius 2 is 1.55 bits per heavy atom. The average molecular weight is 483 g/mol. The van der Waals surface area contributed by atoms with E-state index in [0.29, 0.717) is 16.8 Å². The van der Waals surface area contributed by atoms with Crippen LogP contribution in [0.2, 0.25) is 0 Å². The highest BCUT2D eigenvalue weighted by Gasteiger charge is 2.17. The van der Waals surface area contributed by atoms with Gasteiger partial charge in [0.15, 0.2) is 5.11 Å². The molecule has 0 aliphatic carbocycles. The molecule has 0 radical (unpaired) electrons. The average Bonchev–Trinajstić information content (AvgIpc) is 2.77. The quantitative estimate of drug-likeness (QED) is 0.319. The molecule has 0 saturated heterocycles. The molecule has 0 fully saturated rings. The van der Waals surface area contributed by atoms with Crippen molar-refractivity contribution in [2.24, 2.45) is 0 Å². The number of amides is 1. The largest absolute Gasteiger partial charge is 0.331 e. The fourth-order valence-corrected chi connectivity index (χ4v) is 4.67. The summed E-state index contributed by atoms with van der Waals surface area (Å²) < 4.78 is 28.0. The van der Waals surface area contributed by atoms with Crippen LogP contribution in [0.15, 0.2) is 65.6 Å². The number of carbonyl (C=O) groups is 1. The lowest BCUT2D eigenvalue weighted by atomic mass is 10.1. The second kappa shape index (κ2) is 10.0. The van der Waals surface area contributed by atoms with Crippen molar-refractivity contribution in [2.75, 3.05) is 10.0 Å². The van der Waals surface area contributed by atoms with Gasteiger partial charge in [0.05, 0.1) is 4.90 Å². The molecule has 9 heteroatoms. The summed E-state index contributed by atoms with van der Waals surface area (Å²) in [6.07, 6.45) is 0. The van der Waals surface area contributed by atoms with E-state index in [1.54, 1.807) is 19.1 Å². The summed E-state index contributed by atoms with van der Waals surface area (Å²) in [5.74, 6) is -0.413. The first-order valence-electron chi connectivity index (χ1n) is 10.2. The fourth-order valence-electron chi connectivity index (χ4n) is 3.12. The number of thiocarbonyl (C=S) groups is 1. The van der Waals surface area contributed by atoms with Crippen molar-refractivity contribution in [1.29, 1.82) is 0 Å². The number of anilines is 2. The smallest absolute Gasteiger partial charge is 0.269 e. The number of benzene rings is 3. The Morgan fingerprint density at radius 3 is 2.24 bits per heavy atom. The molecule has 3 rings (SSSR count). The van der Waals surface area contributed by atoms with Gasteiger partial charge in [-0.2, -0.15) is 0 Å². The van der Waals surface area contributed by atoms with E-state index in [1.165, 1.54) is 24.3 Å².